The minimum absolute atomic E-state index is 0.763. The zero-order valence-corrected chi connectivity index (χ0v) is 11.1. The summed E-state index contributed by atoms with van der Waals surface area (Å²) >= 11 is 0. The number of hydrogen-bond donors (Lipinski definition) is 0. The third-order valence-corrected chi connectivity index (χ3v) is 3.87. The molecule has 0 amide bonds. The van der Waals surface area contributed by atoms with Gasteiger partial charge in [-0.1, -0.05) is 30.3 Å². The van der Waals surface area contributed by atoms with Crippen LogP contribution in [0, 0.1) is 0 Å². The van der Waals surface area contributed by atoms with Crippen LogP contribution in [0.1, 0.15) is 0 Å². The molecule has 0 aliphatic heterocycles. The lowest BCUT2D eigenvalue weighted by molar-refractivity contribution is 0.671. The maximum absolute atomic E-state index is 5.99. The van der Waals surface area contributed by atoms with E-state index in [0.717, 1.165) is 43.9 Å². The number of fused-ring (bicyclic) bond motifs is 6. The van der Waals surface area contributed by atoms with E-state index in [2.05, 4.69) is 17.1 Å². The minimum atomic E-state index is 0.763. The Morgan fingerprint density at radius 2 is 1.67 bits per heavy atom. The molecule has 0 atom stereocenters. The van der Waals surface area contributed by atoms with E-state index in [4.69, 9.17) is 9.40 Å². The van der Waals surface area contributed by atoms with Crippen molar-refractivity contribution in [2.75, 3.05) is 0 Å². The van der Waals surface area contributed by atoms with Gasteiger partial charge in [0, 0.05) is 22.4 Å². The number of furan rings is 1. The summed E-state index contributed by atoms with van der Waals surface area (Å²) in [5.41, 5.74) is 4.33. The third-order valence-electron chi connectivity index (χ3n) is 3.87. The van der Waals surface area contributed by atoms with Crippen LogP contribution in [0.15, 0.2) is 65.2 Å². The molecule has 3 nitrogen and oxygen atoms in total. The zero-order chi connectivity index (χ0) is 13.8. The van der Waals surface area contributed by atoms with Crippen molar-refractivity contribution in [2.45, 2.75) is 0 Å². The average Bonchev–Trinajstić information content (AvgIpc) is 2.92. The molecule has 5 aromatic rings. The van der Waals surface area contributed by atoms with Crippen molar-refractivity contribution in [3.05, 3.63) is 60.8 Å². The van der Waals surface area contributed by atoms with Crippen molar-refractivity contribution < 1.29 is 4.42 Å². The quantitative estimate of drug-likeness (QED) is 0.383. The average molecular weight is 270 g/mol. The van der Waals surface area contributed by atoms with Crippen molar-refractivity contribution in [1.82, 2.24) is 9.97 Å². The van der Waals surface area contributed by atoms with Crippen LogP contribution in [0.4, 0.5) is 0 Å². The SMILES string of the molecule is c1ccc2nc3c(cnc4c5ccccc5oc34)cc2c1. The number of benzene rings is 2. The molecular weight excluding hydrogens is 260 g/mol. The first-order valence-electron chi connectivity index (χ1n) is 6.86. The van der Waals surface area contributed by atoms with Crippen LogP contribution in [0.25, 0.3) is 43.9 Å². The van der Waals surface area contributed by atoms with Crippen molar-refractivity contribution in [3.8, 4) is 0 Å². The van der Waals surface area contributed by atoms with Gasteiger partial charge in [-0.25, -0.2) is 4.98 Å². The Kier molecular flexibility index (Phi) is 1.95. The summed E-state index contributed by atoms with van der Waals surface area (Å²) in [6.45, 7) is 0. The van der Waals surface area contributed by atoms with E-state index in [1.165, 1.54) is 0 Å². The third kappa shape index (κ3) is 1.43. The highest BCUT2D eigenvalue weighted by atomic mass is 16.3. The van der Waals surface area contributed by atoms with Gasteiger partial charge in [0.2, 0.25) is 0 Å². The lowest BCUT2D eigenvalue weighted by Crippen LogP contribution is -1.84. The largest absolute Gasteiger partial charge is 0.452 e. The van der Waals surface area contributed by atoms with Crippen molar-refractivity contribution in [3.63, 3.8) is 0 Å². The van der Waals surface area contributed by atoms with Gasteiger partial charge in [-0.2, -0.15) is 0 Å². The molecule has 0 fully saturated rings. The van der Waals surface area contributed by atoms with Gasteiger partial charge in [0.1, 0.15) is 16.6 Å². The Morgan fingerprint density at radius 3 is 2.67 bits per heavy atom. The Bertz CT molecular complexity index is 1140. The summed E-state index contributed by atoms with van der Waals surface area (Å²) in [6.07, 6.45) is 1.87. The molecule has 3 heterocycles. The van der Waals surface area contributed by atoms with Crippen LogP contribution in [0.5, 0.6) is 0 Å². The predicted molar refractivity (Wildman–Crippen MR) is 84.3 cm³/mol. The smallest absolute Gasteiger partial charge is 0.180 e. The molecule has 0 aliphatic carbocycles. The van der Waals surface area contributed by atoms with Crippen LogP contribution in [-0.4, -0.2) is 9.97 Å². The summed E-state index contributed by atoms with van der Waals surface area (Å²) in [6, 6.07) is 18.2. The first kappa shape index (κ1) is 10.8. The summed E-state index contributed by atoms with van der Waals surface area (Å²) in [7, 11) is 0. The van der Waals surface area contributed by atoms with E-state index < -0.39 is 0 Å². The summed E-state index contributed by atoms with van der Waals surface area (Å²) in [5, 5.41) is 3.15. The molecule has 0 aliphatic rings. The topological polar surface area (TPSA) is 38.9 Å². The number of para-hydroxylation sites is 2. The monoisotopic (exact) mass is 270 g/mol. The molecule has 0 radical (unpaired) electrons. The molecule has 0 saturated carbocycles. The van der Waals surface area contributed by atoms with E-state index in [9.17, 15) is 0 Å². The molecular formula is C18H10N2O. The summed E-state index contributed by atoms with van der Waals surface area (Å²) in [5.74, 6) is 0. The minimum Gasteiger partial charge on any atom is -0.452 e. The van der Waals surface area contributed by atoms with E-state index in [1.807, 2.05) is 48.7 Å². The van der Waals surface area contributed by atoms with E-state index in [-0.39, 0.29) is 0 Å². The molecule has 5 rings (SSSR count). The fraction of sp³-hybridized carbons (Fsp3) is 0. The fourth-order valence-electron chi connectivity index (χ4n) is 2.87. The molecule has 0 N–H and O–H groups in total. The second-order valence-electron chi connectivity index (χ2n) is 5.15. The van der Waals surface area contributed by atoms with Crippen LogP contribution in [-0.2, 0) is 0 Å². The molecule has 2 aromatic carbocycles. The normalized spacial score (nSPS) is 11.8. The van der Waals surface area contributed by atoms with Crippen LogP contribution < -0.4 is 0 Å². The van der Waals surface area contributed by atoms with Crippen molar-refractivity contribution in [1.29, 1.82) is 0 Å². The second kappa shape index (κ2) is 3.79. The molecule has 98 valence electrons. The molecule has 3 aromatic heterocycles. The maximum atomic E-state index is 5.99. The summed E-state index contributed by atoms with van der Waals surface area (Å²) < 4.78 is 5.99. The second-order valence-corrected chi connectivity index (χ2v) is 5.15. The molecule has 0 bridgehead atoms. The van der Waals surface area contributed by atoms with Gasteiger partial charge >= 0.3 is 0 Å². The first-order valence-corrected chi connectivity index (χ1v) is 6.86. The molecule has 3 heteroatoms. The lowest BCUT2D eigenvalue weighted by atomic mass is 10.1. The van der Waals surface area contributed by atoms with E-state index in [1.54, 1.807) is 0 Å². The molecule has 0 spiro atoms. The standard InChI is InChI=1S/C18H10N2O/c1-3-7-14-11(5-1)9-12-10-19-17-13-6-2-4-8-15(13)21-18(17)16(12)20-14/h1-10H. The zero-order valence-electron chi connectivity index (χ0n) is 11.1. The van der Waals surface area contributed by atoms with E-state index >= 15 is 0 Å². The van der Waals surface area contributed by atoms with Gasteiger partial charge in [0.05, 0.1) is 5.52 Å². The highest BCUT2D eigenvalue weighted by molar-refractivity contribution is 6.12. The van der Waals surface area contributed by atoms with Crippen molar-refractivity contribution >= 4 is 43.9 Å². The highest BCUT2D eigenvalue weighted by Gasteiger charge is 2.12. The molecule has 0 saturated heterocycles. The first-order chi connectivity index (χ1) is 10.4. The van der Waals surface area contributed by atoms with Crippen molar-refractivity contribution in [2.24, 2.45) is 0 Å². The predicted octanol–water partition coefficient (Wildman–Crippen LogP) is 4.68. The van der Waals surface area contributed by atoms with Gasteiger partial charge in [-0.05, 0) is 24.3 Å². The van der Waals surface area contributed by atoms with Gasteiger partial charge in [-0.3, -0.25) is 4.98 Å². The van der Waals surface area contributed by atoms with Gasteiger partial charge in [0.15, 0.2) is 5.58 Å². The van der Waals surface area contributed by atoms with Gasteiger partial charge < -0.3 is 4.42 Å². The maximum Gasteiger partial charge on any atom is 0.180 e. The molecule has 0 unspecified atom stereocenters. The number of hydrogen-bond acceptors (Lipinski definition) is 3. The summed E-state index contributed by atoms with van der Waals surface area (Å²) in [4.78, 5) is 9.34. The lowest BCUT2D eigenvalue weighted by Gasteiger charge is -2.01. The van der Waals surface area contributed by atoms with Gasteiger partial charge in [-0.15, -0.1) is 0 Å². The Labute approximate surface area is 119 Å². The Balaban J connectivity index is 2.05. The number of rotatable bonds is 0. The Hall–Kier alpha value is -2.94. The molecule has 21 heavy (non-hydrogen) atoms. The van der Waals surface area contributed by atoms with E-state index in [0.29, 0.717) is 0 Å². The Morgan fingerprint density at radius 1 is 0.810 bits per heavy atom. The van der Waals surface area contributed by atoms with Crippen LogP contribution >= 0.6 is 0 Å². The number of aromatic nitrogens is 2. The number of pyridine rings is 2. The number of nitrogens with zero attached hydrogens (tertiary/aromatic N) is 2. The highest BCUT2D eigenvalue weighted by Crippen LogP contribution is 2.32. The van der Waals surface area contributed by atoms with Gasteiger partial charge in [0.25, 0.3) is 0 Å². The van der Waals surface area contributed by atoms with Crippen LogP contribution in [0.2, 0.25) is 0 Å². The fourth-order valence-corrected chi connectivity index (χ4v) is 2.87. The van der Waals surface area contributed by atoms with Crippen LogP contribution in [0.3, 0.4) is 0 Å².